The number of aryl methyl sites for hydroxylation is 1. The number of aromatic nitrogens is 1. The number of carbonyl (C=O) groups excluding carboxylic acids is 1. The first-order valence-corrected chi connectivity index (χ1v) is 10.3. The van der Waals surface area contributed by atoms with Gasteiger partial charge in [0, 0.05) is 15.6 Å². The predicted octanol–water partition coefficient (Wildman–Crippen LogP) is 4.69. The smallest absolute Gasteiger partial charge is 0.283 e. The number of methoxy groups -OCH3 is 1. The Morgan fingerprint density at radius 2 is 2.07 bits per heavy atom. The maximum atomic E-state index is 12.1. The highest BCUT2D eigenvalue weighted by Crippen LogP contribution is 2.30. The fourth-order valence-electron chi connectivity index (χ4n) is 2.52. The van der Waals surface area contributed by atoms with Gasteiger partial charge in [-0.15, -0.1) is 0 Å². The number of ether oxygens (including phenoxy) is 2. The number of nitrogens with one attached hydrogen (secondary N) is 1. The number of rotatable bonds is 7. The molecule has 1 aromatic heterocycles. The Hall–Kier alpha value is -2.81. The van der Waals surface area contributed by atoms with E-state index in [4.69, 9.17) is 38.4 Å². The van der Waals surface area contributed by atoms with Gasteiger partial charge in [0.15, 0.2) is 16.6 Å². The molecule has 30 heavy (non-hydrogen) atoms. The highest BCUT2D eigenvalue weighted by atomic mass is 35.5. The van der Waals surface area contributed by atoms with Crippen molar-refractivity contribution in [2.24, 2.45) is 5.10 Å². The highest BCUT2D eigenvalue weighted by molar-refractivity contribution is 7.17. The summed E-state index contributed by atoms with van der Waals surface area (Å²) in [6.45, 7) is 1.97. The molecule has 2 aromatic carbocycles. The van der Waals surface area contributed by atoms with Gasteiger partial charge in [-0.25, -0.2) is 10.4 Å². The molecule has 0 spiro atoms. The number of thiazole rings is 1. The largest absolute Gasteiger partial charge is 0.493 e. The lowest BCUT2D eigenvalue weighted by molar-refractivity contribution is 0.0958. The minimum absolute atomic E-state index is 0.257. The maximum absolute atomic E-state index is 12.1. The van der Waals surface area contributed by atoms with Crippen molar-refractivity contribution in [3.63, 3.8) is 0 Å². The van der Waals surface area contributed by atoms with Gasteiger partial charge in [-0.05, 0) is 42.8 Å². The molecule has 1 heterocycles. The second-order valence-corrected chi connectivity index (χ2v) is 7.97. The maximum Gasteiger partial charge on any atom is 0.283 e. The van der Waals surface area contributed by atoms with Gasteiger partial charge in [0.2, 0.25) is 0 Å². The molecule has 3 rings (SSSR count). The van der Waals surface area contributed by atoms with E-state index in [9.17, 15) is 4.79 Å². The minimum Gasteiger partial charge on any atom is -0.493 e. The van der Waals surface area contributed by atoms with Crippen LogP contribution in [0.2, 0.25) is 10.0 Å². The minimum atomic E-state index is -0.371. The summed E-state index contributed by atoms with van der Waals surface area (Å²) in [5.41, 5.74) is 10.1. The zero-order chi connectivity index (χ0) is 21.7. The first kappa shape index (κ1) is 21.9. The van der Waals surface area contributed by atoms with Gasteiger partial charge in [0.1, 0.15) is 11.5 Å². The molecule has 0 radical (unpaired) electrons. The standard InChI is InChI=1S/C20H18Cl2N4O3S/c1-11-18(30-20(23)25-11)19(27)26-24-9-12-3-6-16(17(7-12)28-2)29-10-13-4-5-14(21)8-15(13)22/h3-9H,10H2,1-2H3,(H2,23,25)(H,26,27)/b24-9+. The Morgan fingerprint density at radius 1 is 1.27 bits per heavy atom. The Bertz CT molecular complexity index is 1100. The summed E-state index contributed by atoms with van der Waals surface area (Å²) in [4.78, 5) is 16.6. The second-order valence-electron chi connectivity index (χ2n) is 6.10. The van der Waals surface area contributed by atoms with Crippen LogP contribution in [0.1, 0.15) is 26.5 Å². The van der Waals surface area contributed by atoms with Crippen LogP contribution in [-0.2, 0) is 6.61 Å². The van der Waals surface area contributed by atoms with Gasteiger partial charge in [-0.2, -0.15) is 5.10 Å². The molecule has 0 saturated heterocycles. The van der Waals surface area contributed by atoms with Gasteiger partial charge in [-0.3, -0.25) is 4.79 Å². The van der Waals surface area contributed by atoms with Gasteiger partial charge in [0.25, 0.3) is 5.91 Å². The monoisotopic (exact) mass is 464 g/mol. The predicted molar refractivity (Wildman–Crippen MR) is 120 cm³/mol. The van der Waals surface area contributed by atoms with Crippen LogP contribution < -0.4 is 20.6 Å². The zero-order valence-corrected chi connectivity index (χ0v) is 18.4. The van der Waals surface area contributed by atoms with Crippen LogP contribution in [0, 0.1) is 6.92 Å². The molecule has 156 valence electrons. The topological polar surface area (TPSA) is 98.8 Å². The van der Waals surface area contributed by atoms with Gasteiger partial charge in [-0.1, -0.05) is 40.6 Å². The molecule has 7 nitrogen and oxygen atoms in total. The number of hydrazone groups is 1. The first-order chi connectivity index (χ1) is 14.4. The van der Waals surface area contributed by atoms with Crippen LogP contribution in [0.3, 0.4) is 0 Å². The summed E-state index contributed by atoms with van der Waals surface area (Å²) in [5.74, 6) is 0.687. The van der Waals surface area contributed by atoms with Crippen LogP contribution in [0.25, 0.3) is 0 Å². The third kappa shape index (κ3) is 5.41. The van der Waals surface area contributed by atoms with Gasteiger partial charge >= 0.3 is 0 Å². The van der Waals surface area contributed by atoms with Crippen LogP contribution in [0.4, 0.5) is 5.13 Å². The van der Waals surface area contributed by atoms with E-state index in [1.54, 1.807) is 43.3 Å². The van der Waals surface area contributed by atoms with Crippen molar-refractivity contribution in [1.82, 2.24) is 10.4 Å². The molecule has 0 aliphatic carbocycles. The fraction of sp³-hybridized carbons (Fsp3) is 0.150. The summed E-state index contributed by atoms with van der Waals surface area (Å²) in [5, 5.41) is 5.40. The van der Waals surface area contributed by atoms with E-state index in [0.29, 0.717) is 42.8 Å². The number of nitrogens with zero attached hydrogens (tertiary/aromatic N) is 2. The normalized spacial score (nSPS) is 10.9. The molecule has 3 aromatic rings. The van der Waals surface area contributed by atoms with E-state index >= 15 is 0 Å². The van der Waals surface area contributed by atoms with E-state index in [-0.39, 0.29) is 12.5 Å². The quantitative estimate of drug-likeness (QED) is 0.390. The molecule has 0 fully saturated rings. The van der Waals surface area contributed by atoms with Crippen LogP contribution in [0.15, 0.2) is 41.5 Å². The van der Waals surface area contributed by atoms with Crippen LogP contribution >= 0.6 is 34.5 Å². The number of hydrogen-bond acceptors (Lipinski definition) is 7. The molecule has 1 amide bonds. The third-order valence-electron chi connectivity index (χ3n) is 3.99. The molecule has 0 bridgehead atoms. The number of nitrogens with two attached hydrogens (primary N) is 1. The number of amides is 1. The van der Waals surface area contributed by atoms with Crippen LogP contribution in [0.5, 0.6) is 11.5 Å². The Labute approximate surface area is 187 Å². The van der Waals surface area contributed by atoms with E-state index in [2.05, 4.69) is 15.5 Å². The molecule has 3 N–H and O–H groups in total. The van der Waals surface area contributed by atoms with Gasteiger partial charge < -0.3 is 15.2 Å². The van der Waals surface area contributed by atoms with Gasteiger partial charge in [0.05, 0.1) is 19.0 Å². The molecule has 0 unspecified atom stereocenters. The van der Waals surface area contributed by atoms with E-state index in [0.717, 1.165) is 16.9 Å². The summed E-state index contributed by atoms with van der Waals surface area (Å²) in [6.07, 6.45) is 1.50. The number of carbonyl (C=O) groups is 1. The van der Waals surface area contributed by atoms with Crippen molar-refractivity contribution in [3.8, 4) is 11.5 Å². The highest BCUT2D eigenvalue weighted by Gasteiger charge is 2.13. The fourth-order valence-corrected chi connectivity index (χ4v) is 3.71. The first-order valence-electron chi connectivity index (χ1n) is 8.68. The number of anilines is 1. The number of benzene rings is 2. The molecule has 0 saturated carbocycles. The lowest BCUT2D eigenvalue weighted by Crippen LogP contribution is -2.17. The van der Waals surface area contributed by atoms with Crippen molar-refractivity contribution in [1.29, 1.82) is 0 Å². The Morgan fingerprint density at radius 3 is 2.73 bits per heavy atom. The van der Waals surface area contributed by atoms with Crippen molar-refractivity contribution < 1.29 is 14.3 Å². The van der Waals surface area contributed by atoms with Crippen molar-refractivity contribution in [3.05, 3.63) is 68.1 Å². The third-order valence-corrected chi connectivity index (χ3v) is 5.56. The summed E-state index contributed by atoms with van der Waals surface area (Å²) >= 11 is 13.2. The molecular formula is C20H18Cl2N4O3S. The van der Waals surface area contributed by atoms with Crippen LogP contribution in [-0.4, -0.2) is 24.2 Å². The number of nitrogen functional groups attached to an aromatic ring is 1. The van der Waals surface area contributed by atoms with E-state index in [1.807, 2.05) is 0 Å². The average molecular weight is 465 g/mol. The van der Waals surface area contributed by atoms with Crippen molar-refractivity contribution in [2.75, 3.05) is 12.8 Å². The van der Waals surface area contributed by atoms with Crippen molar-refractivity contribution in [2.45, 2.75) is 13.5 Å². The van der Waals surface area contributed by atoms with E-state index < -0.39 is 0 Å². The number of halogens is 2. The second kappa shape index (κ2) is 9.80. The Kier molecular flexibility index (Phi) is 7.15. The average Bonchev–Trinajstić information content (AvgIpc) is 3.06. The zero-order valence-electron chi connectivity index (χ0n) is 16.1. The number of hydrogen-bond donors (Lipinski definition) is 2. The summed E-state index contributed by atoms with van der Waals surface area (Å²) in [6, 6.07) is 10.5. The molecule has 0 aliphatic heterocycles. The summed E-state index contributed by atoms with van der Waals surface area (Å²) in [7, 11) is 1.54. The lowest BCUT2D eigenvalue weighted by Gasteiger charge is -2.12. The SMILES string of the molecule is COc1cc(/C=N/NC(=O)c2sc(N)nc2C)ccc1OCc1ccc(Cl)cc1Cl. The molecule has 0 aliphatic rings. The molecule has 0 atom stereocenters. The lowest BCUT2D eigenvalue weighted by atomic mass is 10.2. The van der Waals surface area contributed by atoms with E-state index in [1.165, 1.54) is 13.3 Å². The molecular weight excluding hydrogens is 447 g/mol. The molecule has 10 heteroatoms. The Balaban J connectivity index is 1.65. The summed E-state index contributed by atoms with van der Waals surface area (Å²) < 4.78 is 11.2. The van der Waals surface area contributed by atoms with Crippen molar-refractivity contribution >= 4 is 51.8 Å².